The molecule has 30 heavy (non-hydrogen) atoms. The summed E-state index contributed by atoms with van der Waals surface area (Å²) >= 11 is 0. The van der Waals surface area contributed by atoms with Crippen LogP contribution in [0, 0.1) is 26.8 Å². The van der Waals surface area contributed by atoms with E-state index in [9.17, 15) is 20.2 Å². The van der Waals surface area contributed by atoms with Crippen LogP contribution in [0.25, 0.3) is 15.7 Å². The molecule has 0 fully saturated rings. The molecule has 0 saturated carbocycles. The number of nitro benzene ring substituents is 2. The van der Waals surface area contributed by atoms with Gasteiger partial charge in [0.25, 0.3) is 11.4 Å². The quantitative estimate of drug-likeness (QED) is 0.196. The van der Waals surface area contributed by atoms with Gasteiger partial charge in [0.1, 0.15) is 0 Å². The number of nitro groups is 2. The molecule has 1 N–H and O–H groups in total. The number of aromatic nitrogens is 1. The highest BCUT2D eigenvalue weighted by Gasteiger charge is 2.22. The molecule has 0 bridgehead atoms. The summed E-state index contributed by atoms with van der Waals surface area (Å²) in [6.07, 6.45) is 0.677. The molecule has 1 aromatic heterocycles. The minimum atomic E-state index is -0.477. The summed E-state index contributed by atoms with van der Waals surface area (Å²) in [6, 6.07) is 10.4. The van der Waals surface area contributed by atoms with E-state index in [1.54, 1.807) is 18.2 Å². The molecule has 0 aliphatic carbocycles. The van der Waals surface area contributed by atoms with Crippen molar-refractivity contribution in [1.82, 2.24) is 9.47 Å². The average Bonchev–Trinajstić information content (AvgIpc) is 3.07. The van der Waals surface area contributed by atoms with Crippen molar-refractivity contribution >= 4 is 39.5 Å². The zero-order valence-electron chi connectivity index (χ0n) is 16.5. The molecule has 0 aliphatic heterocycles. The Bertz CT molecular complexity index is 1140. The average molecular weight is 408 g/mol. The van der Waals surface area contributed by atoms with Crippen molar-refractivity contribution in [3.8, 4) is 0 Å². The molecule has 0 aliphatic rings. The van der Waals surface area contributed by atoms with Crippen molar-refractivity contribution in [2.45, 2.75) is 6.42 Å². The summed E-state index contributed by atoms with van der Waals surface area (Å²) in [6.45, 7) is 8.04. The molecule has 3 rings (SSSR count). The van der Waals surface area contributed by atoms with E-state index in [1.165, 1.54) is 24.3 Å². The van der Waals surface area contributed by atoms with Crippen LogP contribution in [0.5, 0.6) is 0 Å². The summed E-state index contributed by atoms with van der Waals surface area (Å²) in [5.74, 6) is 0.675. The standard InChI is InChI=1S/C20H20N6O4/c1-21-11-4-12-26(2,3)20-19(22-14-5-7-15(8-6-14)24(27)28)17-13-16(25(29)30)9-10-18(17)23-20/h5-10,13,22H,4,11-12H2,2-3H3. The van der Waals surface area contributed by atoms with Crippen molar-refractivity contribution < 1.29 is 9.85 Å². The Morgan fingerprint density at radius 3 is 2.30 bits per heavy atom. The number of rotatable bonds is 8. The topological polar surface area (TPSA) is 117 Å². The van der Waals surface area contributed by atoms with Crippen LogP contribution in [0.3, 0.4) is 0 Å². The number of nitrogens with zero attached hydrogens (tertiary/aromatic N) is 5. The van der Waals surface area contributed by atoms with Crippen molar-refractivity contribution in [2.75, 3.05) is 32.5 Å². The van der Waals surface area contributed by atoms with Crippen LogP contribution in [0.4, 0.5) is 28.6 Å². The third-order valence-electron chi connectivity index (χ3n) is 4.82. The van der Waals surface area contributed by atoms with E-state index in [4.69, 9.17) is 11.6 Å². The number of hydrogen-bond acceptors (Lipinski definition) is 5. The van der Waals surface area contributed by atoms with E-state index in [-0.39, 0.29) is 11.4 Å². The summed E-state index contributed by atoms with van der Waals surface area (Å²) in [7, 11) is 3.92. The first-order valence-electron chi connectivity index (χ1n) is 9.16. The highest BCUT2D eigenvalue weighted by atomic mass is 16.6. The summed E-state index contributed by atoms with van der Waals surface area (Å²) in [4.78, 5) is 29.3. The Hall–Kier alpha value is -3.97. The predicted octanol–water partition coefficient (Wildman–Crippen LogP) is 4.23. The SMILES string of the molecule is [C-]#[N+]CCC[N+](C)(C)c1[n-]c2ccc([N+](=O)[O-])cc2c1Nc1ccc([N+](=O)[O-])cc1. The lowest BCUT2D eigenvalue weighted by atomic mass is 10.2. The molecule has 1 heterocycles. The van der Waals surface area contributed by atoms with E-state index < -0.39 is 9.85 Å². The Kier molecular flexibility index (Phi) is 5.66. The van der Waals surface area contributed by atoms with E-state index in [0.717, 1.165) is 0 Å². The number of nitrogens with one attached hydrogen (secondary N) is 1. The Balaban J connectivity index is 2.09. The summed E-state index contributed by atoms with van der Waals surface area (Å²) in [5, 5.41) is 26.0. The van der Waals surface area contributed by atoms with Gasteiger partial charge >= 0.3 is 0 Å². The molecule has 3 aromatic rings. The third-order valence-corrected chi connectivity index (χ3v) is 4.82. The number of hydrogen-bond donors (Lipinski definition) is 1. The van der Waals surface area contributed by atoms with Gasteiger partial charge in [0.2, 0.25) is 6.54 Å². The Morgan fingerprint density at radius 2 is 1.70 bits per heavy atom. The van der Waals surface area contributed by atoms with Gasteiger partial charge in [-0.15, -0.1) is 5.52 Å². The fourth-order valence-electron chi connectivity index (χ4n) is 3.25. The number of fused-ring (bicyclic) bond motifs is 1. The lowest BCUT2D eigenvalue weighted by molar-refractivity contribution is -0.385. The van der Waals surface area contributed by atoms with Crippen molar-refractivity contribution in [3.05, 3.63) is 74.1 Å². The molecule has 0 spiro atoms. The second kappa shape index (κ2) is 8.18. The van der Waals surface area contributed by atoms with Crippen LogP contribution in [-0.4, -0.2) is 37.0 Å². The molecule has 0 unspecified atom stereocenters. The van der Waals surface area contributed by atoms with E-state index >= 15 is 0 Å². The van der Waals surface area contributed by atoms with Crippen LogP contribution in [0.1, 0.15) is 6.42 Å². The fourth-order valence-corrected chi connectivity index (χ4v) is 3.25. The van der Waals surface area contributed by atoms with Crippen LogP contribution >= 0.6 is 0 Å². The van der Waals surface area contributed by atoms with Gasteiger partial charge in [-0.1, -0.05) is 6.07 Å². The smallest absolute Gasteiger partial charge is 0.270 e. The largest absolute Gasteiger partial charge is 0.608 e. The lowest BCUT2D eigenvalue weighted by Gasteiger charge is -2.34. The molecular weight excluding hydrogens is 388 g/mol. The number of quaternary nitrogens is 1. The van der Waals surface area contributed by atoms with Gasteiger partial charge in [-0.2, -0.15) is 0 Å². The zero-order valence-corrected chi connectivity index (χ0v) is 16.5. The van der Waals surface area contributed by atoms with Gasteiger partial charge in [-0.05, 0) is 17.5 Å². The Morgan fingerprint density at radius 1 is 1.07 bits per heavy atom. The zero-order chi connectivity index (χ0) is 21.9. The predicted molar refractivity (Wildman–Crippen MR) is 115 cm³/mol. The molecule has 0 amide bonds. The third kappa shape index (κ3) is 4.21. The molecule has 0 radical (unpaired) electrons. The van der Waals surface area contributed by atoms with Gasteiger partial charge in [0.05, 0.1) is 48.4 Å². The maximum absolute atomic E-state index is 11.3. The van der Waals surface area contributed by atoms with Crippen LogP contribution in [0.15, 0.2) is 42.5 Å². The lowest BCUT2D eigenvalue weighted by Crippen LogP contribution is -2.42. The van der Waals surface area contributed by atoms with Crippen molar-refractivity contribution in [3.63, 3.8) is 0 Å². The minimum absolute atomic E-state index is 0.0304. The minimum Gasteiger partial charge on any atom is -0.608 e. The first-order valence-corrected chi connectivity index (χ1v) is 9.16. The van der Waals surface area contributed by atoms with Crippen molar-refractivity contribution in [2.24, 2.45) is 0 Å². The van der Waals surface area contributed by atoms with Gasteiger partial charge in [0, 0.05) is 30.0 Å². The monoisotopic (exact) mass is 408 g/mol. The van der Waals surface area contributed by atoms with Crippen LogP contribution < -0.4 is 14.8 Å². The number of benzene rings is 2. The highest BCUT2D eigenvalue weighted by molar-refractivity contribution is 6.01. The van der Waals surface area contributed by atoms with E-state index in [2.05, 4.69) is 10.2 Å². The Labute approximate surface area is 172 Å². The summed E-state index contributed by atoms with van der Waals surface area (Å²) in [5.41, 5.74) is 1.74. The first kappa shape index (κ1) is 20.8. The van der Waals surface area contributed by atoms with Crippen molar-refractivity contribution in [1.29, 1.82) is 0 Å². The van der Waals surface area contributed by atoms with Gasteiger partial charge in [-0.25, -0.2) is 6.57 Å². The molecule has 0 saturated heterocycles. The fraction of sp³-hybridized carbons (Fsp3) is 0.250. The molecular formula is C20H20N6O4. The number of non-ortho nitro benzene ring substituents is 2. The maximum Gasteiger partial charge on any atom is 0.270 e. The maximum atomic E-state index is 11.3. The second-order valence-corrected chi connectivity index (χ2v) is 7.34. The molecule has 10 nitrogen and oxygen atoms in total. The summed E-state index contributed by atoms with van der Waals surface area (Å²) < 4.78 is 0.368. The second-order valence-electron chi connectivity index (χ2n) is 7.34. The van der Waals surface area contributed by atoms with Crippen LogP contribution in [-0.2, 0) is 0 Å². The molecule has 0 atom stereocenters. The van der Waals surface area contributed by atoms with Crippen LogP contribution in [0.2, 0.25) is 0 Å². The normalized spacial score (nSPS) is 11.2. The number of anilines is 2. The molecule has 154 valence electrons. The van der Waals surface area contributed by atoms with E-state index in [0.29, 0.717) is 52.1 Å². The van der Waals surface area contributed by atoms with Gasteiger partial charge < -0.3 is 19.6 Å². The van der Waals surface area contributed by atoms with Gasteiger partial charge in [0.15, 0.2) is 0 Å². The van der Waals surface area contributed by atoms with E-state index in [1.807, 2.05) is 14.1 Å². The highest BCUT2D eigenvalue weighted by Crippen LogP contribution is 2.39. The first-order chi connectivity index (χ1) is 14.2. The van der Waals surface area contributed by atoms with Gasteiger partial charge in [-0.3, -0.25) is 20.2 Å². The molecule has 2 aromatic carbocycles. The molecule has 10 heteroatoms.